The van der Waals surface area contributed by atoms with Gasteiger partial charge in [0.05, 0.1) is 27.5 Å². The molecule has 10 heteroatoms. The van der Waals surface area contributed by atoms with Crippen molar-refractivity contribution in [3.8, 4) is 5.82 Å². The molecular formula is C19H14ClN7OS. The predicted molar refractivity (Wildman–Crippen MR) is 114 cm³/mol. The van der Waals surface area contributed by atoms with Crippen LogP contribution in [0, 0.1) is 0 Å². The van der Waals surface area contributed by atoms with Crippen molar-refractivity contribution in [3.05, 3.63) is 69.6 Å². The number of nitrogens with one attached hydrogen (secondary N) is 2. The topological polar surface area (TPSA) is 101 Å². The molecular weight excluding hydrogens is 410 g/mol. The van der Waals surface area contributed by atoms with Crippen LogP contribution in [0.2, 0.25) is 5.02 Å². The molecule has 4 aromatic heterocycles. The number of benzene rings is 1. The van der Waals surface area contributed by atoms with E-state index < -0.39 is 0 Å². The average Bonchev–Trinajstić information content (AvgIpc) is 3.40. The summed E-state index contributed by atoms with van der Waals surface area (Å²) in [4.78, 5) is 34.8. The summed E-state index contributed by atoms with van der Waals surface area (Å²) in [5.41, 5.74) is 2.70. The molecule has 5 aromatic rings. The summed E-state index contributed by atoms with van der Waals surface area (Å²) >= 11 is 7.75. The highest BCUT2D eigenvalue weighted by atomic mass is 35.5. The summed E-state index contributed by atoms with van der Waals surface area (Å²) in [5, 5.41) is 4.07. The van der Waals surface area contributed by atoms with Gasteiger partial charge in [-0.1, -0.05) is 17.7 Å². The maximum atomic E-state index is 13.4. The molecule has 0 radical (unpaired) electrons. The van der Waals surface area contributed by atoms with Crippen LogP contribution in [0.25, 0.3) is 27.1 Å². The molecule has 0 bridgehead atoms. The van der Waals surface area contributed by atoms with Gasteiger partial charge in [0, 0.05) is 6.20 Å². The van der Waals surface area contributed by atoms with Crippen molar-refractivity contribution in [1.29, 1.82) is 0 Å². The first kappa shape index (κ1) is 17.8. The average molecular weight is 424 g/mol. The number of hydrogen-bond donors (Lipinski definition) is 2. The molecule has 0 aliphatic rings. The second kappa shape index (κ2) is 6.94. The van der Waals surface area contributed by atoms with Gasteiger partial charge in [0.25, 0.3) is 5.56 Å². The van der Waals surface area contributed by atoms with Gasteiger partial charge in [0.15, 0.2) is 5.82 Å². The van der Waals surface area contributed by atoms with E-state index in [0.717, 1.165) is 4.83 Å². The molecule has 144 valence electrons. The van der Waals surface area contributed by atoms with Crippen molar-refractivity contribution in [2.45, 2.75) is 13.0 Å². The first-order chi connectivity index (χ1) is 14.1. The number of aromatic amines is 1. The third kappa shape index (κ3) is 2.95. The summed E-state index contributed by atoms with van der Waals surface area (Å²) in [5.74, 6) is 1.71. The number of rotatable bonds is 4. The highest BCUT2D eigenvalue weighted by Crippen LogP contribution is 2.26. The maximum absolute atomic E-state index is 13.4. The number of aromatic nitrogens is 6. The van der Waals surface area contributed by atoms with Crippen molar-refractivity contribution >= 4 is 50.0 Å². The second-order valence-corrected chi connectivity index (χ2v) is 7.63. The van der Waals surface area contributed by atoms with Gasteiger partial charge in [-0.3, -0.25) is 4.79 Å². The zero-order chi connectivity index (χ0) is 20.0. The summed E-state index contributed by atoms with van der Waals surface area (Å²) in [6.07, 6.45) is 3.24. The van der Waals surface area contributed by atoms with Crippen LogP contribution < -0.4 is 10.9 Å². The number of anilines is 1. The lowest BCUT2D eigenvalue weighted by Gasteiger charge is -2.19. The van der Waals surface area contributed by atoms with E-state index in [9.17, 15) is 4.79 Å². The Kier molecular flexibility index (Phi) is 4.26. The van der Waals surface area contributed by atoms with Crippen LogP contribution in [0.4, 0.5) is 5.82 Å². The third-order valence-electron chi connectivity index (χ3n) is 4.57. The molecule has 4 heterocycles. The Morgan fingerprint density at radius 3 is 2.93 bits per heavy atom. The van der Waals surface area contributed by atoms with E-state index in [1.165, 1.54) is 22.2 Å². The number of H-pyrrole nitrogens is 1. The molecule has 0 saturated carbocycles. The summed E-state index contributed by atoms with van der Waals surface area (Å²) < 4.78 is 1.53. The molecule has 1 aromatic carbocycles. The zero-order valence-corrected chi connectivity index (χ0v) is 16.7. The molecule has 29 heavy (non-hydrogen) atoms. The Balaban J connectivity index is 1.70. The molecule has 0 amide bonds. The lowest BCUT2D eigenvalue weighted by atomic mass is 10.2. The fraction of sp³-hybridized carbons (Fsp3) is 0.105. The van der Waals surface area contributed by atoms with E-state index in [2.05, 4.69) is 25.3 Å². The van der Waals surface area contributed by atoms with Crippen LogP contribution in [0.3, 0.4) is 0 Å². The Morgan fingerprint density at radius 1 is 1.21 bits per heavy atom. The minimum absolute atomic E-state index is 0.242. The predicted octanol–water partition coefficient (Wildman–Crippen LogP) is 3.94. The lowest BCUT2D eigenvalue weighted by Crippen LogP contribution is -2.27. The Bertz CT molecular complexity index is 1390. The summed E-state index contributed by atoms with van der Waals surface area (Å²) in [6, 6.07) is 8.53. The fourth-order valence-corrected chi connectivity index (χ4v) is 4.14. The van der Waals surface area contributed by atoms with Crippen molar-refractivity contribution in [1.82, 2.24) is 29.5 Å². The van der Waals surface area contributed by atoms with Crippen LogP contribution in [0.1, 0.15) is 18.8 Å². The molecule has 0 spiro atoms. The van der Waals surface area contributed by atoms with Gasteiger partial charge in [-0.25, -0.2) is 24.5 Å². The van der Waals surface area contributed by atoms with Crippen LogP contribution in [0.15, 0.2) is 53.2 Å². The zero-order valence-electron chi connectivity index (χ0n) is 15.1. The smallest absolute Gasteiger partial charge is 0.268 e. The van der Waals surface area contributed by atoms with Crippen LogP contribution in [-0.2, 0) is 0 Å². The van der Waals surface area contributed by atoms with Gasteiger partial charge in [0.2, 0.25) is 0 Å². The van der Waals surface area contributed by atoms with Crippen LogP contribution in [0.5, 0.6) is 0 Å². The van der Waals surface area contributed by atoms with Crippen LogP contribution in [-0.4, -0.2) is 29.5 Å². The molecule has 0 aliphatic carbocycles. The van der Waals surface area contributed by atoms with Crippen molar-refractivity contribution in [2.24, 2.45) is 0 Å². The van der Waals surface area contributed by atoms with E-state index in [0.29, 0.717) is 38.9 Å². The van der Waals surface area contributed by atoms with Crippen molar-refractivity contribution in [3.63, 3.8) is 0 Å². The van der Waals surface area contributed by atoms with E-state index in [4.69, 9.17) is 16.6 Å². The number of fused-ring (bicyclic) bond motifs is 2. The van der Waals surface area contributed by atoms with Gasteiger partial charge in [-0.15, -0.1) is 11.3 Å². The third-order valence-corrected chi connectivity index (χ3v) is 5.62. The number of hydrogen-bond acceptors (Lipinski definition) is 7. The molecule has 0 fully saturated rings. The van der Waals surface area contributed by atoms with Crippen molar-refractivity contribution in [2.75, 3.05) is 5.32 Å². The van der Waals surface area contributed by atoms with Gasteiger partial charge in [0.1, 0.15) is 28.3 Å². The van der Waals surface area contributed by atoms with E-state index in [-0.39, 0.29) is 11.6 Å². The molecule has 0 aliphatic heterocycles. The van der Waals surface area contributed by atoms with E-state index in [1.54, 1.807) is 29.9 Å². The Labute approximate surface area is 173 Å². The molecule has 8 nitrogen and oxygen atoms in total. The number of thiazole rings is 1. The quantitative estimate of drug-likeness (QED) is 0.454. The Hall–Kier alpha value is -3.30. The number of nitrogens with zero attached hydrogens (tertiary/aromatic N) is 5. The SMILES string of the molecule is C[C@H](Nc1ncnc2scnc12)c1nc2cccc(Cl)c2c(=O)n1-c1ccc[nH]1. The first-order valence-corrected chi connectivity index (χ1v) is 10.0. The molecule has 0 unspecified atom stereocenters. The number of halogens is 1. The molecule has 2 N–H and O–H groups in total. The van der Waals surface area contributed by atoms with Gasteiger partial charge in [-0.2, -0.15) is 0 Å². The molecule has 5 rings (SSSR count). The normalized spacial score (nSPS) is 12.5. The standard InChI is InChI=1S/C19H14ClN7OS/c1-10(25-16-15-18(23-8-22-16)29-9-24-15)17-26-12-5-2-4-11(20)14(12)19(28)27(17)13-6-3-7-21-13/h2-10,21H,1H3,(H,22,23,25)/t10-/m0/s1. The largest absolute Gasteiger partial charge is 0.358 e. The summed E-state index contributed by atoms with van der Waals surface area (Å²) in [6.45, 7) is 1.91. The monoisotopic (exact) mass is 423 g/mol. The van der Waals surface area contributed by atoms with E-state index in [1.807, 2.05) is 19.1 Å². The van der Waals surface area contributed by atoms with Gasteiger partial charge in [-0.05, 0) is 31.2 Å². The van der Waals surface area contributed by atoms with Crippen LogP contribution >= 0.6 is 22.9 Å². The van der Waals surface area contributed by atoms with Crippen molar-refractivity contribution < 1.29 is 0 Å². The second-order valence-electron chi connectivity index (χ2n) is 6.39. The highest BCUT2D eigenvalue weighted by Gasteiger charge is 2.21. The lowest BCUT2D eigenvalue weighted by molar-refractivity contribution is 0.724. The van der Waals surface area contributed by atoms with Gasteiger partial charge < -0.3 is 10.3 Å². The molecule has 0 saturated heterocycles. The van der Waals surface area contributed by atoms with Gasteiger partial charge >= 0.3 is 0 Å². The van der Waals surface area contributed by atoms with E-state index >= 15 is 0 Å². The fourth-order valence-electron chi connectivity index (χ4n) is 3.26. The highest BCUT2D eigenvalue weighted by molar-refractivity contribution is 7.16. The maximum Gasteiger partial charge on any atom is 0.268 e. The first-order valence-electron chi connectivity index (χ1n) is 8.79. The Morgan fingerprint density at radius 2 is 2.10 bits per heavy atom. The minimum atomic E-state index is -0.353. The minimum Gasteiger partial charge on any atom is -0.358 e. The summed E-state index contributed by atoms with van der Waals surface area (Å²) in [7, 11) is 0. The molecule has 1 atom stereocenters.